The predicted octanol–water partition coefficient (Wildman–Crippen LogP) is 4.23. The molecule has 5 nitrogen and oxygen atoms in total. The van der Waals surface area contributed by atoms with Gasteiger partial charge in [-0.15, -0.1) is 0 Å². The lowest BCUT2D eigenvalue weighted by molar-refractivity contribution is 0.342. The van der Waals surface area contributed by atoms with Crippen molar-refractivity contribution in [1.82, 2.24) is 19.9 Å². The Kier molecular flexibility index (Phi) is 3.96. The molecule has 0 aliphatic carbocycles. The SMILES string of the molecule is CCCC(CC)c1nc(-c2ccc3c(c2)c(C)nn3C)no1. The second kappa shape index (κ2) is 5.91. The Morgan fingerprint density at radius 1 is 1.27 bits per heavy atom. The maximum Gasteiger partial charge on any atom is 0.230 e. The van der Waals surface area contributed by atoms with E-state index in [-0.39, 0.29) is 0 Å². The average molecular weight is 298 g/mol. The molecule has 0 N–H and O–H groups in total. The molecule has 0 aliphatic rings. The van der Waals surface area contributed by atoms with Crippen molar-refractivity contribution in [2.75, 3.05) is 0 Å². The van der Waals surface area contributed by atoms with Crippen molar-refractivity contribution >= 4 is 10.9 Å². The van der Waals surface area contributed by atoms with Gasteiger partial charge in [0.05, 0.1) is 11.2 Å². The molecule has 3 aromatic rings. The van der Waals surface area contributed by atoms with Gasteiger partial charge in [-0.1, -0.05) is 25.4 Å². The first kappa shape index (κ1) is 14.8. The van der Waals surface area contributed by atoms with Gasteiger partial charge >= 0.3 is 0 Å². The molecule has 0 radical (unpaired) electrons. The normalized spacial score (nSPS) is 12.9. The van der Waals surface area contributed by atoms with E-state index in [0.29, 0.717) is 11.7 Å². The number of hydrogen-bond acceptors (Lipinski definition) is 4. The van der Waals surface area contributed by atoms with Gasteiger partial charge in [-0.3, -0.25) is 4.68 Å². The zero-order chi connectivity index (χ0) is 15.7. The van der Waals surface area contributed by atoms with Gasteiger partial charge in [0.1, 0.15) is 0 Å². The van der Waals surface area contributed by atoms with Crippen LogP contribution in [0.3, 0.4) is 0 Å². The number of fused-ring (bicyclic) bond motifs is 1. The quantitative estimate of drug-likeness (QED) is 0.707. The highest BCUT2D eigenvalue weighted by molar-refractivity contribution is 5.85. The molecule has 0 aliphatic heterocycles. The van der Waals surface area contributed by atoms with Gasteiger partial charge in [0.15, 0.2) is 0 Å². The van der Waals surface area contributed by atoms with Crippen molar-refractivity contribution < 1.29 is 4.52 Å². The van der Waals surface area contributed by atoms with E-state index in [1.54, 1.807) is 0 Å². The molecule has 0 saturated carbocycles. The Bertz CT molecular complexity index is 787. The fraction of sp³-hybridized carbons (Fsp3) is 0.471. The summed E-state index contributed by atoms with van der Waals surface area (Å²) in [7, 11) is 1.96. The van der Waals surface area contributed by atoms with E-state index in [1.165, 1.54) is 0 Å². The summed E-state index contributed by atoms with van der Waals surface area (Å²) in [6, 6.07) is 6.18. The molecule has 116 valence electrons. The molecule has 2 heterocycles. The summed E-state index contributed by atoms with van der Waals surface area (Å²) < 4.78 is 7.38. The molecule has 0 amide bonds. The Balaban J connectivity index is 1.97. The van der Waals surface area contributed by atoms with Gasteiger partial charge in [-0.2, -0.15) is 10.1 Å². The lowest BCUT2D eigenvalue weighted by atomic mass is 10.0. The fourth-order valence-corrected chi connectivity index (χ4v) is 2.95. The van der Waals surface area contributed by atoms with E-state index in [9.17, 15) is 0 Å². The monoisotopic (exact) mass is 298 g/mol. The molecular weight excluding hydrogens is 276 g/mol. The third-order valence-electron chi connectivity index (χ3n) is 4.21. The van der Waals surface area contributed by atoms with Crippen LogP contribution in [0.15, 0.2) is 22.7 Å². The van der Waals surface area contributed by atoms with Crippen LogP contribution in [0.25, 0.3) is 22.3 Å². The summed E-state index contributed by atoms with van der Waals surface area (Å²) in [4.78, 5) is 4.61. The van der Waals surface area contributed by atoms with Gasteiger partial charge in [0.25, 0.3) is 0 Å². The minimum Gasteiger partial charge on any atom is -0.339 e. The minimum absolute atomic E-state index is 0.357. The van der Waals surface area contributed by atoms with Gasteiger partial charge in [0.2, 0.25) is 11.7 Å². The maximum absolute atomic E-state index is 5.49. The second-order valence-electron chi connectivity index (χ2n) is 5.79. The molecule has 0 spiro atoms. The van der Waals surface area contributed by atoms with Crippen LogP contribution >= 0.6 is 0 Å². The van der Waals surface area contributed by atoms with Crippen LogP contribution < -0.4 is 0 Å². The number of aryl methyl sites for hydroxylation is 2. The van der Waals surface area contributed by atoms with E-state index in [2.05, 4.69) is 41.2 Å². The number of rotatable bonds is 5. The van der Waals surface area contributed by atoms with Crippen LogP contribution in [-0.4, -0.2) is 19.9 Å². The summed E-state index contributed by atoms with van der Waals surface area (Å²) >= 11 is 0. The number of benzene rings is 1. The van der Waals surface area contributed by atoms with E-state index in [1.807, 2.05) is 24.7 Å². The summed E-state index contributed by atoms with van der Waals surface area (Å²) in [6.45, 7) is 6.36. The molecule has 1 aromatic carbocycles. The standard InChI is InChI=1S/C17H22N4O/c1-5-7-12(6-2)17-18-16(20-22-17)13-8-9-15-14(10-13)11(3)19-21(15)4/h8-10,12H,5-7H2,1-4H3. The molecule has 2 aromatic heterocycles. The molecule has 0 fully saturated rings. The average Bonchev–Trinajstić information content (AvgIpc) is 3.11. The van der Waals surface area contributed by atoms with Crippen molar-refractivity contribution in [1.29, 1.82) is 0 Å². The third kappa shape index (κ3) is 2.51. The predicted molar refractivity (Wildman–Crippen MR) is 86.7 cm³/mol. The lowest BCUT2D eigenvalue weighted by Gasteiger charge is -2.06. The topological polar surface area (TPSA) is 56.7 Å². The van der Waals surface area contributed by atoms with Crippen molar-refractivity contribution in [3.8, 4) is 11.4 Å². The number of hydrogen-bond donors (Lipinski definition) is 0. The highest BCUT2D eigenvalue weighted by atomic mass is 16.5. The zero-order valence-electron chi connectivity index (χ0n) is 13.6. The Hall–Kier alpha value is -2.17. The van der Waals surface area contributed by atoms with Gasteiger partial charge in [-0.05, 0) is 38.0 Å². The van der Waals surface area contributed by atoms with Crippen LogP contribution in [0, 0.1) is 6.92 Å². The van der Waals surface area contributed by atoms with E-state index >= 15 is 0 Å². The van der Waals surface area contributed by atoms with Crippen LogP contribution in [0.2, 0.25) is 0 Å². The first-order chi connectivity index (χ1) is 10.6. The first-order valence-electron chi connectivity index (χ1n) is 7.91. The van der Waals surface area contributed by atoms with Crippen LogP contribution in [0.1, 0.15) is 50.6 Å². The highest BCUT2D eigenvalue weighted by Crippen LogP contribution is 2.28. The highest BCUT2D eigenvalue weighted by Gasteiger charge is 2.17. The Morgan fingerprint density at radius 2 is 2.09 bits per heavy atom. The van der Waals surface area contributed by atoms with Crippen molar-refractivity contribution in [3.05, 3.63) is 29.8 Å². The van der Waals surface area contributed by atoms with Gasteiger partial charge < -0.3 is 4.52 Å². The number of nitrogens with zero attached hydrogens (tertiary/aromatic N) is 4. The number of aromatic nitrogens is 4. The minimum atomic E-state index is 0.357. The van der Waals surface area contributed by atoms with Crippen molar-refractivity contribution in [2.24, 2.45) is 7.05 Å². The molecule has 0 bridgehead atoms. The second-order valence-corrected chi connectivity index (χ2v) is 5.79. The smallest absolute Gasteiger partial charge is 0.230 e. The third-order valence-corrected chi connectivity index (χ3v) is 4.21. The van der Waals surface area contributed by atoms with Gasteiger partial charge in [-0.25, -0.2) is 0 Å². The van der Waals surface area contributed by atoms with Crippen LogP contribution in [0.5, 0.6) is 0 Å². The molecule has 5 heteroatoms. The summed E-state index contributed by atoms with van der Waals surface area (Å²) in [5.41, 5.74) is 3.10. The Labute approximate surface area is 130 Å². The Morgan fingerprint density at radius 3 is 2.82 bits per heavy atom. The molecule has 22 heavy (non-hydrogen) atoms. The molecule has 3 rings (SSSR count). The molecule has 0 saturated heterocycles. The van der Waals surface area contributed by atoms with Crippen LogP contribution in [0.4, 0.5) is 0 Å². The van der Waals surface area contributed by atoms with Crippen molar-refractivity contribution in [2.45, 2.75) is 46.0 Å². The summed E-state index contributed by atoms with van der Waals surface area (Å²) in [5, 5.41) is 9.75. The first-order valence-corrected chi connectivity index (χ1v) is 7.91. The maximum atomic E-state index is 5.49. The van der Waals surface area contributed by atoms with E-state index in [4.69, 9.17) is 4.52 Å². The lowest BCUT2D eigenvalue weighted by Crippen LogP contribution is -1.97. The summed E-state index contributed by atoms with van der Waals surface area (Å²) in [6.07, 6.45) is 3.23. The molecular formula is C17H22N4O. The van der Waals surface area contributed by atoms with Gasteiger partial charge in [0, 0.05) is 23.9 Å². The van der Waals surface area contributed by atoms with E-state index in [0.717, 1.165) is 47.3 Å². The fourth-order valence-electron chi connectivity index (χ4n) is 2.95. The molecule has 1 atom stereocenters. The van der Waals surface area contributed by atoms with Crippen molar-refractivity contribution in [3.63, 3.8) is 0 Å². The summed E-state index contributed by atoms with van der Waals surface area (Å²) in [5.74, 6) is 1.77. The zero-order valence-corrected chi connectivity index (χ0v) is 13.6. The largest absolute Gasteiger partial charge is 0.339 e. The van der Waals surface area contributed by atoms with E-state index < -0.39 is 0 Å². The molecule has 1 unspecified atom stereocenters. The van der Waals surface area contributed by atoms with Crippen LogP contribution in [-0.2, 0) is 7.05 Å².